The topological polar surface area (TPSA) is 45.2 Å². The smallest absolute Gasteiger partial charge is 0.322 e. The van der Waals surface area contributed by atoms with Crippen LogP contribution in [0, 0.1) is 0 Å². The van der Waals surface area contributed by atoms with Crippen LogP contribution in [0.3, 0.4) is 0 Å². The highest BCUT2D eigenvalue weighted by Crippen LogP contribution is 2.17. The molecule has 13 heavy (non-hydrogen) atoms. The lowest BCUT2D eigenvalue weighted by molar-refractivity contribution is 0.230. The van der Waals surface area contributed by atoms with E-state index in [4.69, 9.17) is 11.6 Å². The molecule has 0 bridgehead atoms. The summed E-state index contributed by atoms with van der Waals surface area (Å²) >= 11 is 5.78. The molecule has 4 nitrogen and oxygen atoms in total. The molecule has 0 aliphatic heterocycles. The van der Waals surface area contributed by atoms with Gasteiger partial charge in [0.25, 0.3) is 0 Å². The first kappa shape index (κ1) is 9.80. The largest absolute Gasteiger partial charge is 0.331 e. The van der Waals surface area contributed by atoms with Crippen molar-refractivity contribution in [2.45, 2.75) is 0 Å². The maximum atomic E-state index is 11.2. The van der Waals surface area contributed by atoms with E-state index in [0.29, 0.717) is 10.8 Å². The summed E-state index contributed by atoms with van der Waals surface area (Å²) < 4.78 is 0. The minimum Gasteiger partial charge on any atom is -0.331 e. The van der Waals surface area contributed by atoms with Gasteiger partial charge in [-0.1, -0.05) is 11.6 Å². The van der Waals surface area contributed by atoms with Crippen molar-refractivity contribution in [3.05, 3.63) is 23.4 Å². The van der Waals surface area contributed by atoms with Crippen LogP contribution in [-0.2, 0) is 0 Å². The summed E-state index contributed by atoms with van der Waals surface area (Å²) in [7, 11) is 3.29. The number of pyridine rings is 1. The van der Waals surface area contributed by atoms with E-state index in [9.17, 15) is 4.79 Å². The molecular formula is C8H10ClN3O. The van der Waals surface area contributed by atoms with E-state index in [1.54, 1.807) is 32.4 Å². The van der Waals surface area contributed by atoms with Crippen molar-refractivity contribution in [2.24, 2.45) is 0 Å². The van der Waals surface area contributed by atoms with E-state index in [1.165, 1.54) is 4.90 Å². The first-order valence-corrected chi connectivity index (χ1v) is 4.08. The van der Waals surface area contributed by atoms with Crippen molar-refractivity contribution in [3.8, 4) is 0 Å². The van der Waals surface area contributed by atoms with Gasteiger partial charge in [-0.25, -0.2) is 9.78 Å². The number of rotatable bonds is 1. The molecule has 1 aromatic heterocycles. The van der Waals surface area contributed by atoms with Crippen LogP contribution in [0.5, 0.6) is 0 Å². The Balaban J connectivity index is 2.75. The number of carbonyl (C=O) groups excluding carboxylic acids is 1. The third-order valence-electron chi connectivity index (χ3n) is 1.39. The van der Waals surface area contributed by atoms with Crippen LogP contribution >= 0.6 is 11.6 Å². The molecule has 1 N–H and O–H groups in total. The number of aromatic nitrogens is 1. The molecule has 1 heterocycles. The van der Waals surface area contributed by atoms with Crippen molar-refractivity contribution in [1.82, 2.24) is 9.88 Å². The zero-order valence-corrected chi connectivity index (χ0v) is 8.17. The molecule has 1 aromatic rings. The van der Waals surface area contributed by atoms with Crippen molar-refractivity contribution < 1.29 is 4.79 Å². The zero-order valence-electron chi connectivity index (χ0n) is 7.41. The van der Waals surface area contributed by atoms with Crippen molar-refractivity contribution >= 4 is 23.4 Å². The lowest BCUT2D eigenvalue weighted by Gasteiger charge is -2.11. The molecule has 0 aromatic carbocycles. The highest BCUT2D eigenvalue weighted by molar-refractivity contribution is 6.33. The van der Waals surface area contributed by atoms with Crippen LogP contribution in [0.15, 0.2) is 18.3 Å². The summed E-state index contributed by atoms with van der Waals surface area (Å²) in [6.07, 6.45) is 1.57. The molecule has 0 fully saturated rings. The molecule has 0 saturated heterocycles. The Hall–Kier alpha value is -1.29. The predicted octanol–water partition coefficient (Wildman–Crippen LogP) is 1.83. The van der Waals surface area contributed by atoms with Crippen molar-refractivity contribution in [1.29, 1.82) is 0 Å². The van der Waals surface area contributed by atoms with Crippen LogP contribution in [0.2, 0.25) is 5.02 Å². The molecule has 0 atom stereocenters. The van der Waals surface area contributed by atoms with E-state index in [-0.39, 0.29) is 6.03 Å². The van der Waals surface area contributed by atoms with E-state index in [0.717, 1.165) is 0 Å². The number of hydrogen-bond acceptors (Lipinski definition) is 2. The Labute approximate surface area is 81.5 Å². The lowest BCUT2D eigenvalue weighted by atomic mass is 10.4. The van der Waals surface area contributed by atoms with Gasteiger partial charge in [0.2, 0.25) is 0 Å². The minimum atomic E-state index is -0.249. The summed E-state index contributed by atoms with van der Waals surface area (Å²) in [5.74, 6) is 0.378. The van der Waals surface area contributed by atoms with E-state index >= 15 is 0 Å². The normalized spacial score (nSPS) is 9.46. The average molecular weight is 200 g/mol. The molecule has 0 aliphatic rings. The summed E-state index contributed by atoms with van der Waals surface area (Å²) in [4.78, 5) is 16.5. The molecule has 0 saturated carbocycles. The minimum absolute atomic E-state index is 0.249. The van der Waals surface area contributed by atoms with Gasteiger partial charge in [-0.15, -0.1) is 0 Å². The lowest BCUT2D eigenvalue weighted by Crippen LogP contribution is -2.27. The molecule has 0 aliphatic carbocycles. The second kappa shape index (κ2) is 4.09. The van der Waals surface area contributed by atoms with E-state index in [2.05, 4.69) is 10.3 Å². The fourth-order valence-electron chi connectivity index (χ4n) is 0.691. The van der Waals surface area contributed by atoms with E-state index in [1.807, 2.05) is 0 Å². The second-order valence-electron chi connectivity index (χ2n) is 2.66. The summed E-state index contributed by atoms with van der Waals surface area (Å²) in [6, 6.07) is 3.12. The third kappa shape index (κ3) is 2.59. The van der Waals surface area contributed by atoms with Gasteiger partial charge in [-0.3, -0.25) is 5.32 Å². The second-order valence-corrected chi connectivity index (χ2v) is 3.07. The summed E-state index contributed by atoms with van der Waals surface area (Å²) in [6.45, 7) is 0. The predicted molar refractivity (Wildman–Crippen MR) is 52.0 cm³/mol. The fourth-order valence-corrected chi connectivity index (χ4v) is 0.860. The molecular weight excluding hydrogens is 190 g/mol. The third-order valence-corrected chi connectivity index (χ3v) is 1.69. The van der Waals surface area contributed by atoms with Gasteiger partial charge in [0.05, 0.1) is 5.02 Å². The van der Waals surface area contributed by atoms with Crippen LogP contribution in [0.4, 0.5) is 10.6 Å². The highest BCUT2D eigenvalue weighted by atomic mass is 35.5. The fraction of sp³-hybridized carbons (Fsp3) is 0.250. The summed E-state index contributed by atoms with van der Waals surface area (Å²) in [5.41, 5.74) is 0. The van der Waals surface area contributed by atoms with Crippen molar-refractivity contribution in [3.63, 3.8) is 0 Å². The molecule has 0 radical (unpaired) electrons. The number of urea groups is 1. The van der Waals surface area contributed by atoms with Crippen LogP contribution in [0.25, 0.3) is 0 Å². The molecule has 70 valence electrons. The van der Waals surface area contributed by atoms with Crippen LogP contribution < -0.4 is 5.32 Å². The molecule has 0 spiro atoms. The zero-order chi connectivity index (χ0) is 9.84. The first-order chi connectivity index (χ1) is 6.11. The molecule has 0 unspecified atom stereocenters. The maximum Gasteiger partial charge on any atom is 0.322 e. The quantitative estimate of drug-likeness (QED) is 0.750. The Morgan fingerprint density at radius 2 is 2.31 bits per heavy atom. The molecule has 2 amide bonds. The number of nitrogens with one attached hydrogen (secondary N) is 1. The van der Waals surface area contributed by atoms with Gasteiger partial charge in [0.15, 0.2) is 5.82 Å². The Morgan fingerprint density at radius 1 is 1.62 bits per heavy atom. The van der Waals surface area contributed by atoms with E-state index < -0.39 is 0 Å². The van der Waals surface area contributed by atoms with Crippen molar-refractivity contribution in [2.75, 3.05) is 19.4 Å². The average Bonchev–Trinajstić information content (AvgIpc) is 2.08. The maximum absolute atomic E-state index is 11.2. The van der Waals surface area contributed by atoms with Gasteiger partial charge < -0.3 is 4.90 Å². The monoisotopic (exact) mass is 199 g/mol. The first-order valence-electron chi connectivity index (χ1n) is 3.70. The summed E-state index contributed by atoms with van der Waals surface area (Å²) in [5, 5.41) is 2.98. The standard InChI is InChI=1S/C8H10ClN3O/c1-12(2)8(13)11-7-6(9)4-3-5-10-7/h3-5H,1-2H3,(H,10,11,13). The highest BCUT2D eigenvalue weighted by Gasteiger charge is 2.06. The number of carbonyl (C=O) groups is 1. The number of hydrogen-bond donors (Lipinski definition) is 1. The Kier molecular flexibility index (Phi) is 3.08. The van der Waals surface area contributed by atoms with Gasteiger partial charge in [-0.2, -0.15) is 0 Å². The van der Waals surface area contributed by atoms with Gasteiger partial charge in [-0.05, 0) is 12.1 Å². The van der Waals surface area contributed by atoms with Crippen LogP contribution in [0.1, 0.15) is 0 Å². The number of halogens is 1. The number of anilines is 1. The van der Waals surface area contributed by atoms with Crippen LogP contribution in [-0.4, -0.2) is 30.0 Å². The number of amides is 2. The van der Waals surface area contributed by atoms with Gasteiger partial charge in [0, 0.05) is 20.3 Å². The molecule has 1 rings (SSSR count). The Morgan fingerprint density at radius 3 is 2.85 bits per heavy atom. The van der Waals surface area contributed by atoms with Gasteiger partial charge >= 0.3 is 6.03 Å². The number of nitrogens with zero attached hydrogens (tertiary/aromatic N) is 2. The van der Waals surface area contributed by atoms with Gasteiger partial charge in [0.1, 0.15) is 0 Å². The molecule has 5 heteroatoms. The Bertz CT molecular complexity index is 314. The SMILES string of the molecule is CN(C)C(=O)Nc1ncccc1Cl.